The topological polar surface area (TPSA) is 51.0 Å². The van der Waals surface area contributed by atoms with Crippen LogP contribution in [0.4, 0.5) is 0 Å². The van der Waals surface area contributed by atoms with Gasteiger partial charge in [-0.2, -0.15) is 5.10 Å². The lowest BCUT2D eigenvalue weighted by molar-refractivity contribution is 0.0787. The van der Waals surface area contributed by atoms with E-state index in [2.05, 4.69) is 12.0 Å². The molecule has 0 aliphatic heterocycles. The minimum atomic E-state index is -0.0758. The van der Waals surface area contributed by atoms with E-state index in [9.17, 15) is 4.79 Å². The first-order chi connectivity index (χ1) is 14.9. The van der Waals surface area contributed by atoms with Crippen molar-refractivity contribution >= 4 is 28.4 Å². The SMILES string of the molecule is CCn1ncc(CN(C)C(=O)c2cc(-c3ccccc3C)nc3ccc(Cl)cc23)c1C. The Morgan fingerprint density at radius 2 is 1.90 bits per heavy atom. The average Bonchev–Trinajstić information content (AvgIpc) is 3.12. The van der Waals surface area contributed by atoms with Gasteiger partial charge in [-0.05, 0) is 50.6 Å². The first kappa shape index (κ1) is 21.1. The van der Waals surface area contributed by atoms with E-state index in [0.717, 1.165) is 45.5 Å². The molecule has 6 heteroatoms. The van der Waals surface area contributed by atoms with E-state index in [4.69, 9.17) is 16.6 Å². The number of rotatable bonds is 5. The van der Waals surface area contributed by atoms with E-state index < -0.39 is 0 Å². The highest BCUT2D eigenvalue weighted by Gasteiger charge is 2.20. The lowest BCUT2D eigenvalue weighted by Crippen LogP contribution is -2.26. The van der Waals surface area contributed by atoms with Crippen molar-refractivity contribution in [2.45, 2.75) is 33.9 Å². The number of pyridine rings is 1. The van der Waals surface area contributed by atoms with Crippen molar-refractivity contribution in [1.29, 1.82) is 0 Å². The van der Waals surface area contributed by atoms with E-state index in [1.54, 1.807) is 11.0 Å². The third kappa shape index (κ3) is 4.06. The molecule has 0 aliphatic rings. The molecule has 0 N–H and O–H groups in total. The van der Waals surface area contributed by atoms with Crippen LogP contribution in [-0.4, -0.2) is 32.6 Å². The van der Waals surface area contributed by atoms with Crippen LogP contribution in [0.2, 0.25) is 5.02 Å². The van der Waals surface area contributed by atoms with Gasteiger partial charge in [0.05, 0.1) is 23.0 Å². The number of aryl methyl sites for hydroxylation is 2. The molecule has 31 heavy (non-hydrogen) atoms. The van der Waals surface area contributed by atoms with Gasteiger partial charge in [0.2, 0.25) is 0 Å². The fourth-order valence-electron chi connectivity index (χ4n) is 3.87. The number of hydrogen-bond donors (Lipinski definition) is 0. The van der Waals surface area contributed by atoms with Crippen LogP contribution in [0.15, 0.2) is 54.7 Å². The highest BCUT2D eigenvalue weighted by Crippen LogP contribution is 2.29. The molecule has 0 atom stereocenters. The molecule has 0 saturated heterocycles. The largest absolute Gasteiger partial charge is 0.337 e. The highest BCUT2D eigenvalue weighted by atomic mass is 35.5. The van der Waals surface area contributed by atoms with Crippen LogP contribution in [0.1, 0.15) is 34.1 Å². The zero-order valence-electron chi connectivity index (χ0n) is 18.2. The number of aromatic nitrogens is 3. The summed E-state index contributed by atoms with van der Waals surface area (Å²) in [6, 6.07) is 15.4. The standard InChI is InChI=1S/C25H25ClN4O/c1-5-30-17(3)18(14-27-30)15-29(4)25(31)22-13-24(20-9-7-6-8-16(20)2)28-23-11-10-19(26)12-21(22)23/h6-14H,5,15H2,1-4H3. The van der Waals surface area contributed by atoms with Crippen molar-refractivity contribution in [2.75, 3.05) is 7.05 Å². The maximum absolute atomic E-state index is 13.6. The van der Waals surface area contributed by atoms with Gasteiger partial charge in [-0.15, -0.1) is 0 Å². The number of nitrogens with zero attached hydrogens (tertiary/aromatic N) is 4. The van der Waals surface area contributed by atoms with Crippen LogP contribution in [0.25, 0.3) is 22.2 Å². The summed E-state index contributed by atoms with van der Waals surface area (Å²) in [7, 11) is 1.81. The van der Waals surface area contributed by atoms with Crippen molar-refractivity contribution in [2.24, 2.45) is 0 Å². The summed E-state index contributed by atoms with van der Waals surface area (Å²) in [6.45, 7) is 7.41. The molecule has 4 rings (SSSR count). The minimum Gasteiger partial charge on any atom is -0.337 e. The Labute approximate surface area is 187 Å². The molecule has 0 bridgehead atoms. The van der Waals surface area contributed by atoms with Crippen molar-refractivity contribution < 1.29 is 4.79 Å². The fourth-order valence-corrected chi connectivity index (χ4v) is 4.04. The third-order valence-electron chi connectivity index (χ3n) is 5.68. The molecule has 0 spiro atoms. The quantitative estimate of drug-likeness (QED) is 0.408. The summed E-state index contributed by atoms with van der Waals surface area (Å²) < 4.78 is 1.94. The van der Waals surface area contributed by atoms with E-state index in [-0.39, 0.29) is 5.91 Å². The number of benzene rings is 2. The van der Waals surface area contributed by atoms with E-state index in [1.807, 2.05) is 74.2 Å². The van der Waals surface area contributed by atoms with Crippen molar-refractivity contribution in [1.82, 2.24) is 19.7 Å². The number of halogens is 1. The van der Waals surface area contributed by atoms with Gasteiger partial charge in [-0.3, -0.25) is 9.48 Å². The van der Waals surface area contributed by atoms with Gasteiger partial charge in [-0.1, -0.05) is 35.9 Å². The lowest BCUT2D eigenvalue weighted by Gasteiger charge is -2.19. The highest BCUT2D eigenvalue weighted by molar-refractivity contribution is 6.31. The molecule has 5 nitrogen and oxygen atoms in total. The Balaban J connectivity index is 1.79. The van der Waals surface area contributed by atoms with Gasteiger partial charge in [-0.25, -0.2) is 4.98 Å². The first-order valence-electron chi connectivity index (χ1n) is 10.3. The molecule has 158 valence electrons. The van der Waals surface area contributed by atoms with Crippen LogP contribution in [0, 0.1) is 13.8 Å². The number of carbonyl (C=O) groups excluding carboxylic acids is 1. The first-order valence-corrected chi connectivity index (χ1v) is 10.7. The molecule has 0 radical (unpaired) electrons. The second kappa shape index (κ2) is 8.52. The van der Waals surface area contributed by atoms with Gasteiger partial charge in [0.15, 0.2) is 0 Å². The number of fused-ring (bicyclic) bond motifs is 1. The molecule has 2 aromatic carbocycles. The maximum Gasteiger partial charge on any atom is 0.254 e. The zero-order valence-corrected chi connectivity index (χ0v) is 18.9. The molecule has 2 heterocycles. The second-order valence-electron chi connectivity index (χ2n) is 7.76. The maximum atomic E-state index is 13.6. The Bertz CT molecular complexity index is 1280. The summed E-state index contributed by atoms with van der Waals surface area (Å²) in [4.78, 5) is 20.1. The predicted molar refractivity (Wildman–Crippen MR) is 125 cm³/mol. The smallest absolute Gasteiger partial charge is 0.254 e. The van der Waals surface area contributed by atoms with Gasteiger partial charge < -0.3 is 4.90 Å². The average molecular weight is 433 g/mol. The zero-order chi connectivity index (χ0) is 22.1. The van der Waals surface area contributed by atoms with Gasteiger partial charge in [0.1, 0.15) is 0 Å². The summed E-state index contributed by atoms with van der Waals surface area (Å²) in [6.07, 6.45) is 1.84. The molecule has 0 fully saturated rings. The summed E-state index contributed by atoms with van der Waals surface area (Å²) in [5.41, 5.74) is 6.35. The molecular weight excluding hydrogens is 408 g/mol. The van der Waals surface area contributed by atoms with Gasteiger partial charge in [0, 0.05) is 47.4 Å². The molecule has 1 amide bonds. The van der Waals surface area contributed by atoms with Crippen LogP contribution in [0.5, 0.6) is 0 Å². The van der Waals surface area contributed by atoms with Crippen LogP contribution in [-0.2, 0) is 13.1 Å². The molecule has 4 aromatic rings. The summed E-state index contributed by atoms with van der Waals surface area (Å²) in [5.74, 6) is -0.0758. The number of amides is 1. The Kier molecular flexibility index (Phi) is 5.79. The minimum absolute atomic E-state index is 0.0758. The van der Waals surface area contributed by atoms with Gasteiger partial charge in [0.25, 0.3) is 5.91 Å². The number of carbonyl (C=O) groups is 1. The van der Waals surface area contributed by atoms with E-state index in [1.165, 1.54) is 0 Å². The Hall–Kier alpha value is -3.18. The molecule has 0 saturated carbocycles. The molecule has 0 unspecified atom stereocenters. The van der Waals surface area contributed by atoms with Crippen LogP contribution < -0.4 is 0 Å². The van der Waals surface area contributed by atoms with E-state index >= 15 is 0 Å². The molecule has 0 aliphatic carbocycles. The van der Waals surface area contributed by atoms with E-state index in [0.29, 0.717) is 17.1 Å². The van der Waals surface area contributed by atoms with Gasteiger partial charge >= 0.3 is 0 Å². The number of hydrogen-bond acceptors (Lipinski definition) is 3. The Morgan fingerprint density at radius 3 is 2.61 bits per heavy atom. The summed E-state index contributed by atoms with van der Waals surface area (Å²) >= 11 is 6.26. The lowest BCUT2D eigenvalue weighted by atomic mass is 10.0. The third-order valence-corrected chi connectivity index (χ3v) is 5.92. The second-order valence-corrected chi connectivity index (χ2v) is 8.20. The predicted octanol–water partition coefficient (Wildman–Crippen LogP) is 5.66. The van der Waals surface area contributed by atoms with Crippen LogP contribution in [0.3, 0.4) is 0 Å². The van der Waals surface area contributed by atoms with Crippen molar-refractivity contribution in [3.8, 4) is 11.3 Å². The van der Waals surface area contributed by atoms with Crippen molar-refractivity contribution in [3.63, 3.8) is 0 Å². The normalized spacial score (nSPS) is 11.1. The fraction of sp³-hybridized carbons (Fsp3) is 0.240. The van der Waals surface area contributed by atoms with Crippen LogP contribution >= 0.6 is 11.6 Å². The Morgan fingerprint density at radius 1 is 1.13 bits per heavy atom. The molecular formula is C25H25ClN4O. The monoisotopic (exact) mass is 432 g/mol. The molecule has 2 aromatic heterocycles. The summed E-state index contributed by atoms with van der Waals surface area (Å²) in [5, 5.41) is 5.73. The van der Waals surface area contributed by atoms with Crippen molar-refractivity contribution in [3.05, 3.63) is 82.1 Å².